The average molecular weight is 402 g/mol. The van der Waals surface area contributed by atoms with E-state index in [9.17, 15) is 14.4 Å². The molecule has 1 saturated heterocycles. The van der Waals surface area contributed by atoms with Crippen molar-refractivity contribution in [3.05, 3.63) is 59.4 Å². The van der Waals surface area contributed by atoms with Gasteiger partial charge in [0.05, 0.1) is 11.6 Å². The summed E-state index contributed by atoms with van der Waals surface area (Å²) < 4.78 is 5.07. The Balaban J connectivity index is 1.44. The SMILES string of the molecule is O=C(COC(=O)[C@H]1CC(=O)N(CCc2ccccc2)C1)Nc1cccnc1Cl. The fraction of sp³-hybridized carbons (Fsp3) is 0.300. The number of pyridine rings is 1. The molecule has 0 radical (unpaired) electrons. The van der Waals surface area contributed by atoms with Crippen LogP contribution in [0.3, 0.4) is 0 Å². The van der Waals surface area contributed by atoms with Gasteiger partial charge in [-0.3, -0.25) is 14.4 Å². The summed E-state index contributed by atoms with van der Waals surface area (Å²) in [6, 6.07) is 13.1. The molecule has 2 amide bonds. The summed E-state index contributed by atoms with van der Waals surface area (Å²) in [5.74, 6) is -1.71. The van der Waals surface area contributed by atoms with E-state index in [0.29, 0.717) is 18.8 Å². The number of benzene rings is 1. The normalized spacial score (nSPS) is 16.1. The van der Waals surface area contributed by atoms with Crippen molar-refractivity contribution < 1.29 is 19.1 Å². The first-order chi connectivity index (χ1) is 13.5. The number of hydrogen-bond donors (Lipinski definition) is 1. The predicted octanol–water partition coefficient (Wildman–Crippen LogP) is 2.31. The van der Waals surface area contributed by atoms with Crippen LogP contribution >= 0.6 is 11.6 Å². The van der Waals surface area contributed by atoms with E-state index in [1.165, 1.54) is 6.20 Å². The van der Waals surface area contributed by atoms with E-state index in [1.807, 2.05) is 30.3 Å². The van der Waals surface area contributed by atoms with E-state index in [0.717, 1.165) is 12.0 Å². The molecule has 1 fully saturated rings. The van der Waals surface area contributed by atoms with E-state index in [-0.39, 0.29) is 17.5 Å². The highest BCUT2D eigenvalue weighted by Gasteiger charge is 2.35. The van der Waals surface area contributed by atoms with Gasteiger partial charge in [0.15, 0.2) is 11.8 Å². The standard InChI is InChI=1S/C20H20ClN3O4/c21-19-16(7-4-9-22-19)23-17(25)13-28-20(27)15-11-18(26)24(12-15)10-8-14-5-2-1-3-6-14/h1-7,9,15H,8,10-13H2,(H,23,25)/t15-/m0/s1. The van der Waals surface area contributed by atoms with Gasteiger partial charge in [0.1, 0.15) is 0 Å². The highest BCUT2D eigenvalue weighted by molar-refractivity contribution is 6.32. The van der Waals surface area contributed by atoms with Crippen LogP contribution < -0.4 is 5.32 Å². The van der Waals surface area contributed by atoms with Crippen LogP contribution in [0.4, 0.5) is 5.69 Å². The second kappa shape index (κ2) is 9.32. The van der Waals surface area contributed by atoms with Crippen LogP contribution in [0.1, 0.15) is 12.0 Å². The van der Waals surface area contributed by atoms with Crippen molar-refractivity contribution in [3.63, 3.8) is 0 Å². The summed E-state index contributed by atoms with van der Waals surface area (Å²) in [7, 11) is 0. The number of rotatable bonds is 7. The van der Waals surface area contributed by atoms with Crippen LogP contribution in [-0.2, 0) is 25.5 Å². The summed E-state index contributed by atoms with van der Waals surface area (Å²) >= 11 is 5.86. The second-order valence-corrected chi connectivity index (χ2v) is 6.83. The summed E-state index contributed by atoms with van der Waals surface area (Å²) in [4.78, 5) is 41.8. The van der Waals surface area contributed by atoms with Gasteiger partial charge in [0.25, 0.3) is 5.91 Å². The molecule has 0 saturated carbocycles. The molecule has 0 aliphatic carbocycles. The molecule has 1 atom stereocenters. The van der Waals surface area contributed by atoms with Gasteiger partial charge in [-0.05, 0) is 24.1 Å². The minimum Gasteiger partial charge on any atom is -0.455 e. The van der Waals surface area contributed by atoms with Crippen molar-refractivity contribution in [1.82, 2.24) is 9.88 Å². The number of esters is 1. The molecule has 28 heavy (non-hydrogen) atoms. The number of carbonyl (C=O) groups excluding carboxylic acids is 3. The minimum atomic E-state index is -0.557. The molecule has 7 nitrogen and oxygen atoms in total. The van der Waals surface area contributed by atoms with Gasteiger partial charge >= 0.3 is 5.97 Å². The van der Waals surface area contributed by atoms with E-state index in [2.05, 4.69) is 10.3 Å². The number of aromatic nitrogens is 1. The number of likely N-dealkylation sites (tertiary alicyclic amines) is 1. The van der Waals surface area contributed by atoms with Gasteiger partial charge in [-0.25, -0.2) is 4.98 Å². The van der Waals surface area contributed by atoms with Crippen LogP contribution in [0.5, 0.6) is 0 Å². The quantitative estimate of drug-likeness (QED) is 0.568. The summed E-state index contributed by atoms with van der Waals surface area (Å²) in [6.45, 7) is 0.409. The second-order valence-electron chi connectivity index (χ2n) is 6.47. The lowest BCUT2D eigenvalue weighted by molar-refractivity contribution is -0.151. The van der Waals surface area contributed by atoms with Gasteiger partial charge in [-0.15, -0.1) is 0 Å². The predicted molar refractivity (Wildman–Crippen MR) is 104 cm³/mol. The highest BCUT2D eigenvalue weighted by atomic mass is 35.5. The lowest BCUT2D eigenvalue weighted by Crippen LogP contribution is -2.29. The van der Waals surface area contributed by atoms with Crippen molar-refractivity contribution in [1.29, 1.82) is 0 Å². The topological polar surface area (TPSA) is 88.6 Å². The first-order valence-electron chi connectivity index (χ1n) is 8.91. The van der Waals surface area contributed by atoms with E-state index < -0.39 is 24.4 Å². The largest absolute Gasteiger partial charge is 0.455 e. The Morgan fingerprint density at radius 3 is 2.75 bits per heavy atom. The molecule has 1 N–H and O–H groups in total. The first kappa shape index (κ1) is 19.8. The zero-order chi connectivity index (χ0) is 19.9. The maximum absolute atomic E-state index is 12.2. The van der Waals surface area contributed by atoms with Crippen molar-refractivity contribution >= 4 is 35.1 Å². The maximum atomic E-state index is 12.2. The van der Waals surface area contributed by atoms with Crippen molar-refractivity contribution in [2.24, 2.45) is 5.92 Å². The van der Waals surface area contributed by atoms with Crippen LogP contribution in [0.15, 0.2) is 48.7 Å². The van der Waals surface area contributed by atoms with Crippen LogP contribution in [0.2, 0.25) is 5.15 Å². The maximum Gasteiger partial charge on any atom is 0.311 e. The Morgan fingerprint density at radius 2 is 2.00 bits per heavy atom. The van der Waals surface area contributed by atoms with Gasteiger partial charge in [0.2, 0.25) is 5.91 Å². The number of amides is 2. The van der Waals surface area contributed by atoms with Gasteiger partial charge in [0, 0.05) is 25.7 Å². The van der Waals surface area contributed by atoms with E-state index >= 15 is 0 Å². The Bertz CT molecular complexity index is 860. The number of ether oxygens (including phenoxy) is 1. The molecule has 2 aromatic rings. The van der Waals surface area contributed by atoms with Crippen LogP contribution in [-0.4, -0.2) is 47.4 Å². The molecule has 1 aliphatic rings. The van der Waals surface area contributed by atoms with Crippen molar-refractivity contribution in [2.45, 2.75) is 12.8 Å². The molecule has 0 unspecified atom stereocenters. The number of nitrogens with zero attached hydrogens (tertiary/aromatic N) is 2. The lowest BCUT2D eigenvalue weighted by atomic mass is 10.1. The highest BCUT2D eigenvalue weighted by Crippen LogP contribution is 2.20. The van der Waals surface area contributed by atoms with Crippen molar-refractivity contribution in [3.8, 4) is 0 Å². The Labute approximate surface area is 167 Å². The third-order valence-electron chi connectivity index (χ3n) is 4.44. The number of hydrogen-bond acceptors (Lipinski definition) is 5. The fourth-order valence-corrected chi connectivity index (χ4v) is 3.14. The molecule has 2 heterocycles. The summed E-state index contributed by atoms with van der Waals surface area (Å²) in [5.41, 5.74) is 1.47. The smallest absolute Gasteiger partial charge is 0.311 e. The number of carbonyl (C=O) groups is 3. The molecule has 1 aliphatic heterocycles. The molecule has 8 heteroatoms. The van der Waals surface area contributed by atoms with E-state index in [1.54, 1.807) is 17.0 Å². The molecule has 1 aromatic carbocycles. The number of nitrogens with one attached hydrogen (secondary N) is 1. The van der Waals surface area contributed by atoms with Crippen LogP contribution in [0.25, 0.3) is 0 Å². The third kappa shape index (κ3) is 5.29. The minimum absolute atomic E-state index is 0.0792. The van der Waals surface area contributed by atoms with Gasteiger partial charge in [-0.1, -0.05) is 41.9 Å². The average Bonchev–Trinajstić information content (AvgIpc) is 3.08. The Morgan fingerprint density at radius 1 is 1.21 bits per heavy atom. The summed E-state index contributed by atoms with van der Waals surface area (Å²) in [5, 5.41) is 2.67. The summed E-state index contributed by atoms with van der Waals surface area (Å²) in [6.07, 6.45) is 2.32. The molecule has 1 aromatic heterocycles. The molecule has 3 rings (SSSR count). The van der Waals surface area contributed by atoms with Gasteiger partial charge in [-0.2, -0.15) is 0 Å². The zero-order valence-electron chi connectivity index (χ0n) is 15.1. The Kier molecular flexibility index (Phi) is 6.60. The fourth-order valence-electron chi connectivity index (χ4n) is 2.97. The molecular formula is C20H20ClN3O4. The molecule has 0 spiro atoms. The molecule has 0 bridgehead atoms. The van der Waals surface area contributed by atoms with Crippen LogP contribution in [0, 0.1) is 5.92 Å². The van der Waals surface area contributed by atoms with Gasteiger partial charge < -0.3 is 15.0 Å². The number of anilines is 1. The monoisotopic (exact) mass is 401 g/mol. The molecular weight excluding hydrogens is 382 g/mol. The zero-order valence-corrected chi connectivity index (χ0v) is 15.9. The third-order valence-corrected chi connectivity index (χ3v) is 4.74. The first-order valence-corrected chi connectivity index (χ1v) is 9.29. The van der Waals surface area contributed by atoms with E-state index in [4.69, 9.17) is 16.3 Å². The number of halogens is 1. The Hall–Kier alpha value is -2.93. The molecule has 146 valence electrons. The van der Waals surface area contributed by atoms with Crippen molar-refractivity contribution in [2.75, 3.05) is 25.0 Å². The lowest BCUT2D eigenvalue weighted by Gasteiger charge is -2.16.